The summed E-state index contributed by atoms with van der Waals surface area (Å²) in [7, 11) is 0. The maximum absolute atomic E-state index is 11.6. The van der Waals surface area contributed by atoms with Gasteiger partial charge in [0.25, 0.3) is 0 Å². The summed E-state index contributed by atoms with van der Waals surface area (Å²) in [6.07, 6.45) is 2.63. The molecule has 1 N–H and O–H groups in total. The molecular weight excluding hydrogens is 194 g/mol. The maximum Gasteiger partial charge on any atom is 0.323 e. The van der Waals surface area contributed by atoms with E-state index < -0.39 is 0 Å². The highest BCUT2D eigenvalue weighted by Gasteiger charge is 2.30. The molecule has 4 nitrogen and oxygen atoms in total. The van der Waals surface area contributed by atoms with Crippen molar-refractivity contribution in [3.8, 4) is 0 Å². The number of β-amino-alcohol motifs (C(OH)–C–C–N with tert-alkyl or cyclic N) is 1. The number of esters is 1. The highest BCUT2D eigenvalue weighted by Crippen LogP contribution is 2.18. The molecule has 0 radical (unpaired) electrons. The van der Waals surface area contributed by atoms with Crippen LogP contribution in [0, 0.1) is 0 Å². The zero-order valence-corrected chi connectivity index (χ0v) is 9.61. The molecule has 1 fully saturated rings. The van der Waals surface area contributed by atoms with Crippen molar-refractivity contribution < 1.29 is 14.6 Å². The summed E-state index contributed by atoms with van der Waals surface area (Å²) in [6.45, 7) is 5.44. The molecule has 0 bridgehead atoms. The van der Waals surface area contributed by atoms with Gasteiger partial charge in [-0.2, -0.15) is 0 Å². The van der Waals surface area contributed by atoms with E-state index in [0.717, 1.165) is 25.8 Å². The number of likely N-dealkylation sites (tertiary alicyclic amines) is 1. The van der Waals surface area contributed by atoms with Crippen LogP contribution in [0.5, 0.6) is 0 Å². The Kier molecular flexibility index (Phi) is 5.05. The summed E-state index contributed by atoms with van der Waals surface area (Å²) in [5, 5.41) is 9.34. The van der Waals surface area contributed by atoms with Crippen LogP contribution in [0.1, 0.15) is 33.1 Å². The number of aliphatic hydroxyl groups is 1. The van der Waals surface area contributed by atoms with E-state index in [1.807, 2.05) is 11.8 Å². The Hall–Kier alpha value is -0.610. The molecule has 0 aromatic carbocycles. The Morgan fingerprint density at radius 3 is 2.93 bits per heavy atom. The van der Waals surface area contributed by atoms with Crippen molar-refractivity contribution in [1.29, 1.82) is 0 Å². The number of piperidine rings is 1. The lowest BCUT2D eigenvalue weighted by Crippen LogP contribution is -2.48. The van der Waals surface area contributed by atoms with Gasteiger partial charge in [-0.1, -0.05) is 6.42 Å². The normalized spacial score (nSPS) is 24.9. The van der Waals surface area contributed by atoms with Gasteiger partial charge in [0.15, 0.2) is 0 Å². The minimum atomic E-state index is -0.389. The topological polar surface area (TPSA) is 49.8 Å². The van der Waals surface area contributed by atoms with Gasteiger partial charge >= 0.3 is 5.97 Å². The van der Waals surface area contributed by atoms with Gasteiger partial charge in [-0.15, -0.1) is 0 Å². The smallest absolute Gasteiger partial charge is 0.323 e. The first-order chi connectivity index (χ1) is 7.15. The third-order valence-electron chi connectivity index (χ3n) is 2.67. The number of hydrogen-bond donors (Lipinski definition) is 1. The maximum atomic E-state index is 11.6. The van der Waals surface area contributed by atoms with Crippen LogP contribution in [0.2, 0.25) is 0 Å². The standard InChI is InChI=1S/C11H21NO3/c1-3-15-11(14)10-6-4-5-7-12(10)8-9(2)13/h9-10,13H,3-8H2,1-2H3/t9-,10?/m1/s1. The third kappa shape index (κ3) is 3.80. The number of carbonyl (C=O) groups is 1. The first-order valence-corrected chi connectivity index (χ1v) is 5.74. The van der Waals surface area contributed by atoms with Crippen LogP contribution in [0.15, 0.2) is 0 Å². The number of carbonyl (C=O) groups excluding carboxylic acids is 1. The van der Waals surface area contributed by atoms with Crippen LogP contribution in [-0.4, -0.2) is 47.8 Å². The molecule has 0 aliphatic carbocycles. The Balaban J connectivity index is 2.52. The molecule has 4 heteroatoms. The molecule has 88 valence electrons. The monoisotopic (exact) mass is 215 g/mol. The Bertz CT molecular complexity index is 206. The van der Waals surface area contributed by atoms with Gasteiger partial charge < -0.3 is 9.84 Å². The summed E-state index contributed by atoms with van der Waals surface area (Å²) in [5.41, 5.74) is 0. The van der Waals surface area contributed by atoms with E-state index in [-0.39, 0.29) is 18.1 Å². The first kappa shape index (κ1) is 12.5. The molecule has 1 unspecified atom stereocenters. The van der Waals surface area contributed by atoms with Gasteiger partial charge in [-0.25, -0.2) is 0 Å². The number of aliphatic hydroxyl groups excluding tert-OH is 1. The van der Waals surface area contributed by atoms with Gasteiger partial charge in [-0.3, -0.25) is 9.69 Å². The van der Waals surface area contributed by atoms with E-state index in [4.69, 9.17) is 4.74 Å². The second-order valence-electron chi connectivity index (χ2n) is 4.11. The number of nitrogens with zero attached hydrogens (tertiary/aromatic N) is 1. The highest BCUT2D eigenvalue weighted by molar-refractivity contribution is 5.75. The fourth-order valence-corrected chi connectivity index (χ4v) is 2.05. The van der Waals surface area contributed by atoms with Crippen LogP contribution >= 0.6 is 0 Å². The average Bonchev–Trinajstić information content (AvgIpc) is 2.18. The van der Waals surface area contributed by atoms with Crippen LogP contribution < -0.4 is 0 Å². The first-order valence-electron chi connectivity index (χ1n) is 5.74. The van der Waals surface area contributed by atoms with E-state index >= 15 is 0 Å². The molecule has 15 heavy (non-hydrogen) atoms. The number of hydrogen-bond acceptors (Lipinski definition) is 4. The van der Waals surface area contributed by atoms with Gasteiger partial charge in [-0.05, 0) is 33.2 Å². The summed E-state index contributed by atoms with van der Waals surface area (Å²) >= 11 is 0. The fourth-order valence-electron chi connectivity index (χ4n) is 2.05. The second-order valence-corrected chi connectivity index (χ2v) is 4.11. The van der Waals surface area contributed by atoms with Crippen molar-refractivity contribution in [2.24, 2.45) is 0 Å². The van der Waals surface area contributed by atoms with Gasteiger partial charge in [0.1, 0.15) is 6.04 Å². The van der Waals surface area contributed by atoms with E-state index in [1.165, 1.54) is 0 Å². The van der Waals surface area contributed by atoms with Crippen molar-refractivity contribution >= 4 is 5.97 Å². The van der Waals surface area contributed by atoms with Crippen molar-refractivity contribution in [2.75, 3.05) is 19.7 Å². The number of rotatable bonds is 4. The average molecular weight is 215 g/mol. The molecule has 1 aliphatic heterocycles. The van der Waals surface area contributed by atoms with Crippen LogP contribution in [0.3, 0.4) is 0 Å². The molecule has 0 aromatic rings. The zero-order valence-electron chi connectivity index (χ0n) is 9.61. The number of ether oxygens (including phenoxy) is 1. The Morgan fingerprint density at radius 1 is 1.60 bits per heavy atom. The third-order valence-corrected chi connectivity index (χ3v) is 2.67. The quantitative estimate of drug-likeness (QED) is 0.704. The van der Waals surface area contributed by atoms with Gasteiger partial charge in [0.2, 0.25) is 0 Å². The molecular formula is C11H21NO3. The molecule has 2 atom stereocenters. The van der Waals surface area contributed by atoms with E-state index in [9.17, 15) is 9.90 Å². The Morgan fingerprint density at radius 2 is 2.33 bits per heavy atom. The molecule has 1 saturated heterocycles. The predicted octanol–water partition coefficient (Wildman–Crippen LogP) is 0.785. The van der Waals surface area contributed by atoms with Crippen LogP contribution in [-0.2, 0) is 9.53 Å². The minimum Gasteiger partial charge on any atom is -0.465 e. The SMILES string of the molecule is CCOC(=O)C1CCCCN1C[C@@H](C)O. The summed E-state index contributed by atoms with van der Waals surface area (Å²) < 4.78 is 5.03. The van der Waals surface area contributed by atoms with Gasteiger partial charge in [0, 0.05) is 6.54 Å². The molecule has 0 spiro atoms. The molecule has 1 heterocycles. The van der Waals surface area contributed by atoms with Crippen molar-refractivity contribution in [3.05, 3.63) is 0 Å². The zero-order chi connectivity index (χ0) is 11.3. The lowest BCUT2D eigenvalue weighted by molar-refractivity contribution is -0.151. The summed E-state index contributed by atoms with van der Waals surface area (Å²) in [4.78, 5) is 13.7. The Labute approximate surface area is 91.2 Å². The van der Waals surface area contributed by atoms with E-state index in [1.54, 1.807) is 6.92 Å². The largest absolute Gasteiger partial charge is 0.465 e. The lowest BCUT2D eigenvalue weighted by atomic mass is 10.0. The predicted molar refractivity (Wildman–Crippen MR) is 57.5 cm³/mol. The van der Waals surface area contributed by atoms with Crippen molar-refractivity contribution in [3.63, 3.8) is 0 Å². The lowest BCUT2D eigenvalue weighted by Gasteiger charge is -2.34. The van der Waals surface area contributed by atoms with Crippen molar-refractivity contribution in [1.82, 2.24) is 4.90 Å². The highest BCUT2D eigenvalue weighted by atomic mass is 16.5. The van der Waals surface area contributed by atoms with Crippen molar-refractivity contribution in [2.45, 2.75) is 45.3 Å². The van der Waals surface area contributed by atoms with Crippen LogP contribution in [0.4, 0.5) is 0 Å². The molecule has 0 amide bonds. The minimum absolute atomic E-state index is 0.141. The second kappa shape index (κ2) is 6.08. The van der Waals surface area contributed by atoms with E-state index in [0.29, 0.717) is 13.2 Å². The van der Waals surface area contributed by atoms with E-state index in [2.05, 4.69) is 0 Å². The van der Waals surface area contributed by atoms with Gasteiger partial charge in [0.05, 0.1) is 12.7 Å². The van der Waals surface area contributed by atoms with Crippen LogP contribution in [0.25, 0.3) is 0 Å². The fraction of sp³-hybridized carbons (Fsp3) is 0.909. The molecule has 1 rings (SSSR count). The summed E-state index contributed by atoms with van der Waals surface area (Å²) in [6, 6.07) is -0.145. The molecule has 0 aromatic heterocycles. The molecule has 1 aliphatic rings. The summed E-state index contributed by atoms with van der Waals surface area (Å²) in [5.74, 6) is -0.141. The molecule has 0 saturated carbocycles.